The molecule has 0 saturated carbocycles. The van der Waals surface area contributed by atoms with E-state index in [9.17, 15) is 4.79 Å². The Bertz CT molecular complexity index is 634. The van der Waals surface area contributed by atoms with Crippen LogP contribution in [0.2, 0.25) is 0 Å². The molecule has 6 nitrogen and oxygen atoms in total. The van der Waals surface area contributed by atoms with E-state index < -0.39 is 0 Å². The lowest BCUT2D eigenvalue weighted by atomic mass is 10.2. The molecule has 0 aliphatic rings. The molecule has 0 atom stereocenters. The fourth-order valence-corrected chi connectivity index (χ4v) is 1.83. The summed E-state index contributed by atoms with van der Waals surface area (Å²) < 4.78 is 7.49. The van der Waals surface area contributed by atoms with Crippen molar-refractivity contribution in [1.29, 1.82) is 0 Å². The van der Waals surface area contributed by atoms with Crippen molar-refractivity contribution in [3.8, 4) is 11.5 Å². The summed E-state index contributed by atoms with van der Waals surface area (Å²) in [4.78, 5) is 11.7. The summed E-state index contributed by atoms with van der Waals surface area (Å²) in [5.41, 5.74) is 6.86. The number of nitrogens with one attached hydrogen (secondary N) is 1. The average molecular weight is 288 g/mol. The van der Waals surface area contributed by atoms with E-state index in [4.69, 9.17) is 10.5 Å². The minimum Gasteiger partial charge on any atom is -0.452 e. The van der Waals surface area contributed by atoms with Crippen LogP contribution in [0.1, 0.15) is 37.2 Å². The maximum absolute atomic E-state index is 11.7. The van der Waals surface area contributed by atoms with Gasteiger partial charge in [-0.2, -0.15) is 5.10 Å². The zero-order valence-corrected chi connectivity index (χ0v) is 12.5. The van der Waals surface area contributed by atoms with Gasteiger partial charge in [-0.05, 0) is 39.0 Å². The molecule has 0 spiro atoms. The SMILES string of the molecule is CCNC(=O)c1ccc(Oc2cnn(C(C)C)c2)c(N)c1. The summed E-state index contributed by atoms with van der Waals surface area (Å²) in [5.74, 6) is 0.968. The minimum absolute atomic E-state index is 0.150. The van der Waals surface area contributed by atoms with Crippen molar-refractivity contribution in [2.75, 3.05) is 12.3 Å². The molecule has 1 amide bonds. The smallest absolute Gasteiger partial charge is 0.251 e. The standard InChI is InChI=1S/C15H20N4O2/c1-4-17-15(20)11-5-6-14(13(16)7-11)21-12-8-18-19(9-12)10(2)3/h5-10H,4,16H2,1-3H3,(H,17,20). The van der Waals surface area contributed by atoms with Crippen LogP contribution in [0.15, 0.2) is 30.6 Å². The molecule has 6 heteroatoms. The number of nitrogens with two attached hydrogens (primary N) is 1. The molecule has 3 N–H and O–H groups in total. The molecular weight excluding hydrogens is 268 g/mol. The van der Waals surface area contributed by atoms with E-state index in [0.29, 0.717) is 29.3 Å². The molecule has 1 aromatic heterocycles. The molecule has 0 saturated heterocycles. The van der Waals surface area contributed by atoms with Gasteiger partial charge in [-0.25, -0.2) is 0 Å². The van der Waals surface area contributed by atoms with Crippen LogP contribution >= 0.6 is 0 Å². The lowest BCUT2D eigenvalue weighted by Gasteiger charge is -2.09. The predicted molar refractivity (Wildman–Crippen MR) is 81.5 cm³/mol. The number of hydrogen-bond acceptors (Lipinski definition) is 4. The van der Waals surface area contributed by atoms with Gasteiger partial charge >= 0.3 is 0 Å². The maximum atomic E-state index is 11.7. The lowest BCUT2D eigenvalue weighted by Crippen LogP contribution is -2.22. The van der Waals surface area contributed by atoms with Crippen molar-refractivity contribution >= 4 is 11.6 Å². The zero-order chi connectivity index (χ0) is 15.4. The summed E-state index contributed by atoms with van der Waals surface area (Å²) in [7, 11) is 0. The number of carbonyl (C=O) groups excluding carboxylic acids is 1. The number of aromatic nitrogens is 2. The third-order valence-corrected chi connectivity index (χ3v) is 2.94. The minimum atomic E-state index is -0.150. The molecule has 0 aliphatic carbocycles. The van der Waals surface area contributed by atoms with Crippen LogP contribution < -0.4 is 15.8 Å². The van der Waals surface area contributed by atoms with Crippen LogP contribution in [0.5, 0.6) is 11.5 Å². The number of hydrogen-bond donors (Lipinski definition) is 2. The van der Waals surface area contributed by atoms with E-state index in [1.165, 1.54) is 0 Å². The second kappa shape index (κ2) is 6.30. The summed E-state index contributed by atoms with van der Waals surface area (Å²) in [6.45, 7) is 6.51. The molecule has 0 aliphatic heterocycles. The van der Waals surface area contributed by atoms with E-state index in [2.05, 4.69) is 10.4 Å². The molecule has 112 valence electrons. The third-order valence-electron chi connectivity index (χ3n) is 2.94. The van der Waals surface area contributed by atoms with Crippen molar-refractivity contribution < 1.29 is 9.53 Å². The Labute approximate surface area is 123 Å². The molecule has 0 fully saturated rings. The van der Waals surface area contributed by atoms with Gasteiger partial charge in [-0.1, -0.05) is 0 Å². The highest BCUT2D eigenvalue weighted by Gasteiger charge is 2.10. The van der Waals surface area contributed by atoms with Crippen molar-refractivity contribution in [3.05, 3.63) is 36.2 Å². The van der Waals surface area contributed by atoms with Gasteiger partial charge in [0.2, 0.25) is 0 Å². The van der Waals surface area contributed by atoms with Crippen LogP contribution in [-0.2, 0) is 0 Å². The molecule has 1 heterocycles. The van der Waals surface area contributed by atoms with Gasteiger partial charge in [0.1, 0.15) is 0 Å². The topological polar surface area (TPSA) is 82.2 Å². The summed E-state index contributed by atoms with van der Waals surface area (Å²) in [6.07, 6.45) is 3.44. The summed E-state index contributed by atoms with van der Waals surface area (Å²) in [5, 5.41) is 6.92. The van der Waals surface area contributed by atoms with Crippen molar-refractivity contribution in [2.24, 2.45) is 0 Å². The third kappa shape index (κ3) is 3.53. The molecule has 0 bridgehead atoms. The Morgan fingerprint density at radius 3 is 2.81 bits per heavy atom. The number of rotatable bonds is 5. The molecule has 2 aromatic rings. The number of carbonyl (C=O) groups is 1. The van der Waals surface area contributed by atoms with Gasteiger partial charge in [-0.15, -0.1) is 0 Å². The Kier molecular flexibility index (Phi) is 4.47. The number of ether oxygens (including phenoxy) is 1. The van der Waals surface area contributed by atoms with Crippen LogP contribution in [0.3, 0.4) is 0 Å². The highest BCUT2D eigenvalue weighted by atomic mass is 16.5. The second-order valence-corrected chi connectivity index (χ2v) is 4.96. The molecule has 0 unspecified atom stereocenters. The Morgan fingerprint density at radius 1 is 1.48 bits per heavy atom. The van der Waals surface area contributed by atoms with Crippen LogP contribution in [0, 0.1) is 0 Å². The number of benzene rings is 1. The monoisotopic (exact) mass is 288 g/mol. The summed E-state index contributed by atoms with van der Waals surface area (Å²) in [6, 6.07) is 5.24. The van der Waals surface area contributed by atoms with Crippen LogP contribution in [-0.4, -0.2) is 22.2 Å². The lowest BCUT2D eigenvalue weighted by molar-refractivity contribution is 0.0956. The van der Waals surface area contributed by atoms with Gasteiger partial charge in [0.15, 0.2) is 11.5 Å². The second-order valence-electron chi connectivity index (χ2n) is 4.96. The molecule has 2 rings (SSSR count). The van der Waals surface area contributed by atoms with E-state index >= 15 is 0 Å². The predicted octanol–water partition coefficient (Wildman–Crippen LogP) is 2.59. The Morgan fingerprint density at radius 2 is 2.24 bits per heavy atom. The highest BCUT2D eigenvalue weighted by Crippen LogP contribution is 2.28. The van der Waals surface area contributed by atoms with Crippen LogP contribution in [0.4, 0.5) is 5.69 Å². The molecule has 0 radical (unpaired) electrons. The average Bonchev–Trinajstić information content (AvgIpc) is 2.90. The molecular formula is C15H20N4O2. The zero-order valence-electron chi connectivity index (χ0n) is 12.5. The first-order chi connectivity index (χ1) is 10.0. The van der Waals surface area contributed by atoms with E-state index in [1.807, 2.05) is 27.0 Å². The number of nitrogen functional groups attached to an aromatic ring is 1. The first-order valence-corrected chi connectivity index (χ1v) is 6.91. The number of nitrogens with zero attached hydrogens (tertiary/aromatic N) is 2. The summed E-state index contributed by atoms with van der Waals surface area (Å²) >= 11 is 0. The first kappa shape index (κ1) is 14.9. The van der Waals surface area contributed by atoms with Gasteiger partial charge in [-0.3, -0.25) is 9.48 Å². The molecule has 21 heavy (non-hydrogen) atoms. The number of anilines is 1. The van der Waals surface area contributed by atoms with E-state index in [1.54, 1.807) is 29.1 Å². The van der Waals surface area contributed by atoms with Crippen molar-refractivity contribution in [2.45, 2.75) is 26.8 Å². The van der Waals surface area contributed by atoms with Crippen molar-refractivity contribution in [3.63, 3.8) is 0 Å². The first-order valence-electron chi connectivity index (χ1n) is 6.91. The van der Waals surface area contributed by atoms with Crippen LogP contribution in [0.25, 0.3) is 0 Å². The fourth-order valence-electron chi connectivity index (χ4n) is 1.83. The van der Waals surface area contributed by atoms with E-state index in [-0.39, 0.29) is 11.9 Å². The molecule has 1 aromatic carbocycles. The Balaban J connectivity index is 2.15. The van der Waals surface area contributed by atoms with Gasteiger partial charge in [0, 0.05) is 18.2 Å². The van der Waals surface area contributed by atoms with Gasteiger partial charge in [0.25, 0.3) is 5.91 Å². The fraction of sp³-hybridized carbons (Fsp3) is 0.333. The maximum Gasteiger partial charge on any atom is 0.251 e. The highest BCUT2D eigenvalue weighted by molar-refractivity contribution is 5.95. The normalized spacial score (nSPS) is 10.7. The number of amides is 1. The van der Waals surface area contributed by atoms with E-state index in [0.717, 1.165) is 0 Å². The largest absolute Gasteiger partial charge is 0.452 e. The van der Waals surface area contributed by atoms with Crippen molar-refractivity contribution in [1.82, 2.24) is 15.1 Å². The van der Waals surface area contributed by atoms with Gasteiger partial charge in [0.05, 0.1) is 18.1 Å². The van der Waals surface area contributed by atoms with Gasteiger partial charge < -0.3 is 15.8 Å². The Hall–Kier alpha value is -2.50. The quantitative estimate of drug-likeness (QED) is 0.828.